The first-order valence-corrected chi connectivity index (χ1v) is 11.3. The van der Waals surface area contributed by atoms with E-state index in [1.54, 1.807) is 18.2 Å². The third kappa shape index (κ3) is 4.29. The van der Waals surface area contributed by atoms with Gasteiger partial charge in [0.15, 0.2) is 11.6 Å². The zero-order valence-electron chi connectivity index (χ0n) is 18.8. The number of halogens is 2. The highest BCUT2D eigenvalue weighted by Crippen LogP contribution is 2.42. The van der Waals surface area contributed by atoms with E-state index in [2.05, 4.69) is 39.8 Å². The average Bonchev–Trinajstić information content (AvgIpc) is 3.12. The first-order chi connectivity index (χ1) is 15.7. The van der Waals surface area contributed by atoms with Crippen LogP contribution < -0.4 is 10.6 Å². The van der Waals surface area contributed by atoms with Crippen LogP contribution in [0.25, 0.3) is 22.5 Å². The Hall–Kier alpha value is -3.07. The number of benzene rings is 1. The molecule has 3 N–H and O–H groups in total. The second-order valence-electron chi connectivity index (χ2n) is 9.98. The van der Waals surface area contributed by atoms with Gasteiger partial charge in [-0.3, -0.25) is 0 Å². The van der Waals surface area contributed by atoms with Gasteiger partial charge in [-0.05, 0) is 57.9 Å². The summed E-state index contributed by atoms with van der Waals surface area (Å²) in [5.41, 5.74) is 0.645. The molecule has 0 amide bonds. The van der Waals surface area contributed by atoms with E-state index in [0.29, 0.717) is 23.8 Å². The van der Waals surface area contributed by atoms with Crippen molar-refractivity contribution in [2.75, 3.05) is 11.9 Å². The Morgan fingerprint density at radius 2 is 1.85 bits per heavy atom. The summed E-state index contributed by atoms with van der Waals surface area (Å²) in [4.78, 5) is 0.0829. The smallest absolute Gasteiger partial charge is 0.156 e. The number of phenols is 1. The molecule has 0 spiro atoms. The van der Waals surface area contributed by atoms with Crippen LogP contribution in [-0.4, -0.2) is 42.9 Å². The van der Waals surface area contributed by atoms with Crippen LogP contribution in [0.3, 0.4) is 0 Å². The zero-order chi connectivity index (χ0) is 23.2. The standard InChI is InChI=1S/C24H28F2N6O/c1-23-8-5-9-24(2,31-23)12-15(11-23)13-27-20-10-18(25)22(29-28-20)21-17(14-32(26)30-21)16-6-3-4-7-19(16)33/h3-4,6-7,10,14-15,31,33H,5,8-9,11-13H2,1-2H3,(H,27,28). The maximum atomic E-state index is 15.0. The van der Waals surface area contributed by atoms with E-state index in [4.69, 9.17) is 0 Å². The summed E-state index contributed by atoms with van der Waals surface area (Å²) >= 11 is 0. The maximum Gasteiger partial charge on any atom is 0.156 e. The minimum atomic E-state index is -0.663. The molecule has 174 valence electrons. The van der Waals surface area contributed by atoms with Gasteiger partial charge in [0.25, 0.3) is 0 Å². The van der Waals surface area contributed by atoms with E-state index in [0.717, 1.165) is 19.0 Å². The normalized spacial score (nSPS) is 26.8. The number of aromatic nitrogens is 4. The molecule has 2 aliphatic heterocycles. The SMILES string of the molecule is CC12CCCC(C)(CC(CNc3cc(F)c(-c4nn(F)cc4-c4ccccc4O)nn3)C1)N2. The van der Waals surface area contributed by atoms with E-state index < -0.39 is 5.82 Å². The molecule has 3 aromatic rings. The fourth-order valence-corrected chi connectivity index (χ4v) is 5.80. The summed E-state index contributed by atoms with van der Waals surface area (Å²) in [6.07, 6.45) is 6.77. The molecular formula is C24H28F2N6O. The van der Waals surface area contributed by atoms with Crippen molar-refractivity contribution < 1.29 is 14.0 Å². The number of anilines is 1. The number of nitrogens with zero attached hydrogens (tertiary/aromatic N) is 4. The summed E-state index contributed by atoms with van der Waals surface area (Å²) in [6.45, 7) is 5.26. The van der Waals surface area contributed by atoms with E-state index in [1.165, 1.54) is 31.4 Å². The molecule has 1 aromatic carbocycles. The molecule has 2 atom stereocenters. The Labute approximate surface area is 191 Å². The van der Waals surface area contributed by atoms with Crippen molar-refractivity contribution in [2.24, 2.45) is 5.92 Å². The van der Waals surface area contributed by atoms with Gasteiger partial charge in [-0.1, -0.05) is 22.7 Å². The molecule has 9 heteroatoms. The Balaban J connectivity index is 1.35. The topological polar surface area (TPSA) is 87.9 Å². The molecule has 0 saturated carbocycles. The predicted octanol–water partition coefficient (Wildman–Crippen LogP) is 4.70. The van der Waals surface area contributed by atoms with Gasteiger partial charge in [-0.25, -0.2) is 4.39 Å². The van der Waals surface area contributed by atoms with Gasteiger partial charge in [-0.2, -0.15) is 0 Å². The largest absolute Gasteiger partial charge is 0.507 e. The van der Waals surface area contributed by atoms with Crippen molar-refractivity contribution in [1.82, 2.24) is 25.5 Å². The lowest BCUT2D eigenvalue weighted by Crippen LogP contribution is -2.63. The lowest BCUT2D eigenvalue weighted by molar-refractivity contribution is 0.0589. The fraction of sp³-hybridized carbons (Fsp3) is 0.458. The van der Waals surface area contributed by atoms with Crippen LogP contribution in [0.1, 0.15) is 46.0 Å². The van der Waals surface area contributed by atoms with Crippen molar-refractivity contribution in [2.45, 2.75) is 57.0 Å². The summed E-state index contributed by atoms with van der Waals surface area (Å²) in [6, 6.07) is 7.68. The minimum Gasteiger partial charge on any atom is -0.507 e. The summed E-state index contributed by atoms with van der Waals surface area (Å²) in [7, 11) is 0. The molecule has 2 aromatic heterocycles. The summed E-state index contributed by atoms with van der Waals surface area (Å²) in [5, 5.41) is 29.1. The molecule has 4 heterocycles. The lowest BCUT2D eigenvalue weighted by Gasteiger charge is -2.53. The number of piperidine rings is 2. The zero-order valence-corrected chi connectivity index (χ0v) is 18.8. The van der Waals surface area contributed by atoms with Crippen molar-refractivity contribution in [3.63, 3.8) is 0 Å². The van der Waals surface area contributed by atoms with E-state index in [-0.39, 0.29) is 38.7 Å². The van der Waals surface area contributed by atoms with Crippen molar-refractivity contribution in [3.05, 3.63) is 42.3 Å². The molecule has 5 rings (SSSR count). The Morgan fingerprint density at radius 1 is 1.12 bits per heavy atom. The third-order valence-corrected chi connectivity index (χ3v) is 6.96. The number of fused-ring (bicyclic) bond motifs is 2. The molecule has 33 heavy (non-hydrogen) atoms. The van der Waals surface area contributed by atoms with Gasteiger partial charge in [0.05, 0.1) is 6.20 Å². The molecule has 0 radical (unpaired) electrons. The van der Waals surface area contributed by atoms with E-state index in [1.807, 2.05) is 0 Å². The van der Waals surface area contributed by atoms with Crippen LogP contribution in [0.4, 0.5) is 14.7 Å². The second kappa shape index (κ2) is 8.06. The van der Waals surface area contributed by atoms with Crippen LogP contribution in [0.2, 0.25) is 0 Å². The summed E-state index contributed by atoms with van der Waals surface area (Å²) < 4.78 is 29.0. The average molecular weight is 455 g/mol. The minimum absolute atomic E-state index is 0.0254. The van der Waals surface area contributed by atoms with Crippen LogP contribution >= 0.6 is 0 Å². The van der Waals surface area contributed by atoms with Crippen molar-refractivity contribution >= 4 is 5.82 Å². The quantitative estimate of drug-likeness (QED) is 0.518. The van der Waals surface area contributed by atoms with Crippen LogP contribution in [0.15, 0.2) is 36.5 Å². The van der Waals surface area contributed by atoms with Gasteiger partial charge in [0.1, 0.15) is 17.1 Å². The van der Waals surface area contributed by atoms with Gasteiger partial charge in [0, 0.05) is 34.8 Å². The summed E-state index contributed by atoms with van der Waals surface area (Å²) in [5.74, 6) is 0.0523. The highest BCUT2D eigenvalue weighted by molar-refractivity contribution is 5.82. The van der Waals surface area contributed by atoms with Gasteiger partial charge in [-0.15, -0.1) is 20.2 Å². The Morgan fingerprint density at radius 3 is 2.55 bits per heavy atom. The Kier molecular flexibility index (Phi) is 5.31. The first kappa shape index (κ1) is 21.8. The monoisotopic (exact) mass is 454 g/mol. The number of hydrogen-bond acceptors (Lipinski definition) is 6. The van der Waals surface area contributed by atoms with Gasteiger partial charge >= 0.3 is 0 Å². The molecule has 2 fully saturated rings. The highest BCUT2D eigenvalue weighted by Gasteiger charge is 2.45. The molecule has 0 aliphatic carbocycles. The highest BCUT2D eigenvalue weighted by atomic mass is 19.2. The van der Waals surface area contributed by atoms with Crippen LogP contribution in [0, 0.1) is 11.7 Å². The molecule has 2 aliphatic rings. The number of para-hydroxylation sites is 1. The van der Waals surface area contributed by atoms with Crippen molar-refractivity contribution in [3.8, 4) is 28.3 Å². The number of aromatic hydroxyl groups is 1. The maximum absolute atomic E-state index is 15.0. The van der Waals surface area contributed by atoms with Crippen LogP contribution in [0.5, 0.6) is 5.75 Å². The molecule has 2 unspecified atom stereocenters. The number of rotatable bonds is 5. The lowest BCUT2D eigenvalue weighted by atomic mass is 9.67. The van der Waals surface area contributed by atoms with E-state index >= 15 is 4.39 Å². The Bertz CT molecular complexity index is 1170. The number of phenolic OH excluding ortho intramolecular Hbond substituents is 1. The predicted molar refractivity (Wildman–Crippen MR) is 122 cm³/mol. The molecule has 2 saturated heterocycles. The number of hydrogen-bond donors (Lipinski definition) is 3. The number of nitrogens with one attached hydrogen (secondary N) is 2. The van der Waals surface area contributed by atoms with Gasteiger partial charge < -0.3 is 15.7 Å². The molecular weight excluding hydrogens is 426 g/mol. The molecule has 2 bridgehead atoms. The first-order valence-electron chi connectivity index (χ1n) is 11.3. The molecule has 7 nitrogen and oxygen atoms in total. The second-order valence-corrected chi connectivity index (χ2v) is 9.98. The van der Waals surface area contributed by atoms with E-state index in [9.17, 15) is 9.59 Å². The van der Waals surface area contributed by atoms with Gasteiger partial charge in [0.2, 0.25) is 0 Å². The van der Waals surface area contributed by atoms with Crippen LogP contribution in [-0.2, 0) is 0 Å². The van der Waals surface area contributed by atoms with Crippen molar-refractivity contribution in [1.29, 1.82) is 0 Å². The fourth-order valence-electron chi connectivity index (χ4n) is 5.80. The third-order valence-electron chi connectivity index (χ3n) is 6.96.